The molecular formula is C14H21BN4O2S. The van der Waals surface area contributed by atoms with E-state index in [9.17, 15) is 0 Å². The minimum Gasteiger partial charge on any atom is -0.399 e. The third-order valence-corrected chi connectivity index (χ3v) is 4.11. The maximum atomic E-state index is 6.02. The number of nitrogen functional groups attached to an aromatic ring is 1. The van der Waals surface area contributed by atoms with Gasteiger partial charge in [0.25, 0.3) is 0 Å². The summed E-state index contributed by atoms with van der Waals surface area (Å²) in [4.78, 5) is 0. The van der Waals surface area contributed by atoms with Crippen molar-refractivity contribution in [2.24, 2.45) is 10.8 Å². The van der Waals surface area contributed by atoms with Crippen molar-refractivity contribution in [1.82, 2.24) is 5.43 Å². The number of nitrogens with two attached hydrogens (primary N) is 2. The molecule has 22 heavy (non-hydrogen) atoms. The summed E-state index contributed by atoms with van der Waals surface area (Å²) in [5, 5.41) is 4.02. The summed E-state index contributed by atoms with van der Waals surface area (Å²) >= 11 is 4.69. The van der Waals surface area contributed by atoms with Crippen LogP contribution in [0.1, 0.15) is 33.3 Å². The van der Waals surface area contributed by atoms with Gasteiger partial charge in [0.2, 0.25) is 0 Å². The Morgan fingerprint density at radius 1 is 1.27 bits per heavy atom. The molecular weight excluding hydrogens is 299 g/mol. The van der Waals surface area contributed by atoms with Crippen LogP contribution in [-0.4, -0.2) is 29.6 Å². The van der Waals surface area contributed by atoms with Crippen LogP contribution in [-0.2, 0) is 9.31 Å². The van der Waals surface area contributed by atoms with Gasteiger partial charge in [0, 0.05) is 11.3 Å². The first-order valence-electron chi connectivity index (χ1n) is 6.96. The Bertz CT molecular complexity index is 603. The summed E-state index contributed by atoms with van der Waals surface area (Å²) < 4.78 is 12.0. The number of anilines is 1. The van der Waals surface area contributed by atoms with Gasteiger partial charge in [0.05, 0.1) is 17.4 Å². The average Bonchev–Trinajstić information content (AvgIpc) is 2.60. The van der Waals surface area contributed by atoms with E-state index in [1.54, 1.807) is 12.3 Å². The molecule has 1 saturated heterocycles. The number of hydrogen-bond donors (Lipinski definition) is 3. The van der Waals surface area contributed by atoms with Crippen LogP contribution in [0.3, 0.4) is 0 Å². The largest absolute Gasteiger partial charge is 0.494 e. The van der Waals surface area contributed by atoms with E-state index < -0.39 is 7.12 Å². The number of benzene rings is 1. The van der Waals surface area contributed by atoms with E-state index in [0.29, 0.717) is 5.69 Å². The topological polar surface area (TPSA) is 94.9 Å². The fourth-order valence-electron chi connectivity index (χ4n) is 2.00. The van der Waals surface area contributed by atoms with E-state index in [2.05, 4.69) is 22.7 Å². The van der Waals surface area contributed by atoms with Crippen LogP contribution in [0.4, 0.5) is 5.69 Å². The van der Waals surface area contributed by atoms with Crippen LogP contribution in [0.15, 0.2) is 23.3 Å². The smallest absolute Gasteiger partial charge is 0.399 e. The van der Waals surface area contributed by atoms with Crippen LogP contribution in [0, 0.1) is 0 Å². The summed E-state index contributed by atoms with van der Waals surface area (Å²) in [5.74, 6) is 0. The van der Waals surface area contributed by atoms with Gasteiger partial charge in [-0.05, 0) is 51.4 Å². The number of rotatable bonds is 3. The van der Waals surface area contributed by atoms with Crippen LogP contribution in [0.2, 0.25) is 0 Å². The molecule has 0 atom stereocenters. The molecule has 5 N–H and O–H groups in total. The third kappa shape index (κ3) is 3.40. The molecule has 1 aromatic rings. The van der Waals surface area contributed by atoms with E-state index in [-0.39, 0.29) is 16.3 Å². The highest BCUT2D eigenvalue weighted by molar-refractivity contribution is 7.80. The number of hydrogen-bond acceptors (Lipinski definition) is 5. The summed E-state index contributed by atoms with van der Waals surface area (Å²) in [6.45, 7) is 8.05. The van der Waals surface area contributed by atoms with E-state index in [0.717, 1.165) is 11.0 Å². The highest BCUT2D eigenvalue weighted by Gasteiger charge is 2.51. The number of hydrazone groups is 1. The molecule has 0 unspecified atom stereocenters. The van der Waals surface area contributed by atoms with E-state index in [1.165, 1.54) is 0 Å². The molecule has 1 aromatic carbocycles. The van der Waals surface area contributed by atoms with Crippen molar-refractivity contribution in [2.75, 3.05) is 5.73 Å². The second-order valence-electron chi connectivity index (χ2n) is 6.21. The Labute approximate surface area is 136 Å². The highest BCUT2D eigenvalue weighted by Crippen LogP contribution is 2.36. The van der Waals surface area contributed by atoms with Gasteiger partial charge >= 0.3 is 7.12 Å². The summed E-state index contributed by atoms with van der Waals surface area (Å²) in [6, 6.07) is 5.56. The maximum absolute atomic E-state index is 6.02. The Balaban J connectivity index is 2.24. The molecule has 1 heterocycles. The Morgan fingerprint density at radius 2 is 1.86 bits per heavy atom. The first kappa shape index (κ1) is 16.7. The second-order valence-corrected chi connectivity index (χ2v) is 6.65. The Morgan fingerprint density at radius 3 is 2.41 bits per heavy atom. The molecule has 1 fully saturated rings. The molecule has 0 amide bonds. The maximum Gasteiger partial charge on any atom is 0.494 e. The molecule has 0 aromatic heterocycles. The molecule has 2 rings (SSSR count). The van der Waals surface area contributed by atoms with Crippen molar-refractivity contribution >= 4 is 41.8 Å². The zero-order valence-electron chi connectivity index (χ0n) is 13.2. The van der Waals surface area contributed by atoms with Gasteiger partial charge < -0.3 is 20.8 Å². The lowest BCUT2D eigenvalue weighted by molar-refractivity contribution is 0.00578. The first-order valence-corrected chi connectivity index (χ1v) is 7.37. The second kappa shape index (κ2) is 5.87. The predicted molar refractivity (Wildman–Crippen MR) is 94.1 cm³/mol. The fraction of sp³-hybridized carbons (Fsp3) is 0.429. The van der Waals surface area contributed by atoms with Crippen molar-refractivity contribution in [3.63, 3.8) is 0 Å². The van der Waals surface area contributed by atoms with Crippen LogP contribution >= 0.6 is 12.2 Å². The van der Waals surface area contributed by atoms with E-state index in [1.807, 2.05) is 39.8 Å². The molecule has 0 saturated carbocycles. The lowest BCUT2D eigenvalue weighted by atomic mass is 9.78. The molecule has 0 bridgehead atoms. The standard InChI is InChI=1S/C14H21BN4O2S/c1-13(2)14(3,4)21-15(20-13)10-5-6-11(16)9(7-10)8-18-19-12(17)22/h5-8H,16H2,1-4H3,(H3,17,19,22). The quantitative estimate of drug-likeness (QED) is 0.250. The summed E-state index contributed by atoms with van der Waals surface area (Å²) in [5.41, 5.74) is 15.2. The van der Waals surface area contributed by atoms with Crippen molar-refractivity contribution in [3.8, 4) is 0 Å². The SMILES string of the molecule is CC1(C)OB(c2ccc(N)c(C=NNC(N)=S)c2)OC1(C)C. The minimum atomic E-state index is -0.443. The molecule has 1 aliphatic rings. The molecule has 118 valence electrons. The average molecular weight is 320 g/mol. The zero-order chi connectivity index (χ0) is 16.5. The predicted octanol–water partition coefficient (Wildman–Crippen LogP) is 0.735. The van der Waals surface area contributed by atoms with E-state index >= 15 is 0 Å². The lowest BCUT2D eigenvalue weighted by Gasteiger charge is -2.32. The molecule has 0 aliphatic carbocycles. The molecule has 0 radical (unpaired) electrons. The molecule has 1 aliphatic heterocycles. The van der Waals surface area contributed by atoms with Crippen molar-refractivity contribution in [2.45, 2.75) is 38.9 Å². The Kier molecular flexibility index (Phi) is 4.46. The third-order valence-electron chi connectivity index (χ3n) is 4.01. The van der Waals surface area contributed by atoms with E-state index in [4.69, 9.17) is 20.8 Å². The molecule has 0 spiro atoms. The molecule has 6 nitrogen and oxygen atoms in total. The van der Waals surface area contributed by atoms with Gasteiger partial charge in [-0.25, -0.2) is 0 Å². The van der Waals surface area contributed by atoms with Gasteiger partial charge in [0.15, 0.2) is 5.11 Å². The first-order chi connectivity index (χ1) is 10.1. The van der Waals surface area contributed by atoms with Gasteiger partial charge in [-0.3, -0.25) is 5.43 Å². The van der Waals surface area contributed by atoms with Gasteiger partial charge in [-0.2, -0.15) is 5.10 Å². The number of thiocarbonyl (C=S) groups is 1. The van der Waals surface area contributed by atoms with Gasteiger partial charge in [0.1, 0.15) is 0 Å². The monoisotopic (exact) mass is 320 g/mol. The van der Waals surface area contributed by atoms with Gasteiger partial charge in [-0.1, -0.05) is 12.1 Å². The van der Waals surface area contributed by atoms with Crippen molar-refractivity contribution < 1.29 is 9.31 Å². The van der Waals surface area contributed by atoms with Gasteiger partial charge in [-0.15, -0.1) is 0 Å². The van der Waals surface area contributed by atoms with Crippen LogP contribution < -0.4 is 22.4 Å². The highest BCUT2D eigenvalue weighted by atomic mass is 32.1. The van der Waals surface area contributed by atoms with Crippen molar-refractivity contribution in [3.05, 3.63) is 23.8 Å². The normalized spacial score (nSPS) is 19.5. The Hall–Kier alpha value is -1.64. The minimum absolute atomic E-state index is 0.0944. The number of nitrogens with one attached hydrogen (secondary N) is 1. The summed E-state index contributed by atoms with van der Waals surface area (Å²) in [6.07, 6.45) is 1.56. The van der Waals surface area contributed by atoms with Crippen LogP contribution in [0.25, 0.3) is 0 Å². The summed E-state index contributed by atoms with van der Waals surface area (Å²) in [7, 11) is -0.443. The molecule has 8 heteroatoms. The van der Waals surface area contributed by atoms with Crippen molar-refractivity contribution in [1.29, 1.82) is 0 Å². The fourth-order valence-corrected chi connectivity index (χ4v) is 2.05. The number of nitrogens with zero attached hydrogens (tertiary/aromatic N) is 1. The van der Waals surface area contributed by atoms with Crippen LogP contribution in [0.5, 0.6) is 0 Å². The zero-order valence-corrected chi connectivity index (χ0v) is 14.0. The lowest BCUT2D eigenvalue weighted by Crippen LogP contribution is -2.41.